The van der Waals surface area contributed by atoms with Crippen molar-refractivity contribution in [3.63, 3.8) is 0 Å². The van der Waals surface area contributed by atoms with Gasteiger partial charge in [-0.1, -0.05) is 68.8 Å². The molecule has 2 fully saturated rings. The molecule has 3 amide bonds. The van der Waals surface area contributed by atoms with Gasteiger partial charge in [-0.15, -0.1) is 0 Å². The molecule has 1 spiro atoms. The Morgan fingerprint density at radius 2 is 1.66 bits per heavy atom. The number of likely N-dealkylation sites (tertiary alicyclic amines) is 1. The number of nitrogens with zero attached hydrogens (tertiary/aromatic N) is 2. The van der Waals surface area contributed by atoms with Gasteiger partial charge in [-0.25, -0.2) is 0 Å². The Morgan fingerprint density at radius 3 is 2.34 bits per heavy atom. The lowest BCUT2D eigenvalue weighted by Crippen LogP contribution is -2.56. The van der Waals surface area contributed by atoms with Crippen molar-refractivity contribution < 1.29 is 19.5 Å². The van der Waals surface area contributed by atoms with E-state index in [1.807, 2.05) is 60.7 Å². The van der Waals surface area contributed by atoms with Gasteiger partial charge in [0.05, 0.1) is 12.1 Å². The lowest BCUT2D eigenvalue weighted by atomic mass is 9.93. The molecule has 0 aromatic heterocycles. The molecule has 3 N–H and O–H groups in total. The highest BCUT2D eigenvalue weighted by atomic mass is 16.3. The summed E-state index contributed by atoms with van der Waals surface area (Å²) in [6, 6.07) is 18.5. The summed E-state index contributed by atoms with van der Waals surface area (Å²) in [6.45, 7) is 7.59. The smallest absolute Gasteiger partial charge is 0.249 e. The number of rotatable bonds is 13. The molecule has 2 aliphatic rings. The number of carbonyl (C=O) groups is 3. The molecule has 8 nitrogen and oxygen atoms in total. The number of hydrogen-bond acceptors (Lipinski definition) is 5. The number of unbranched alkanes of at least 4 members (excludes halogenated alkanes) is 1. The molecule has 2 saturated heterocycles. The third-order valence-electron chi connectivity index (χ3n) is 8.79. The number of amides is 3. The molecule has 41 heavy (non-hydrogen) atoms. The van der Waals surface area contributed by atoms with Crippen LogP contribution in [0, 0.1) is 5.92 Å². The van der Waals surface area contributed by atoms with Crippen molar-refractivity contribution in [2.45, 2.75) is 89.4 Å². The van der Waals surface area contributed by atoms with Gasteiger partial charge in [0, 0.05) is 31.2 Å². The molecular weight excluding hydrogens is 516 g/mol. The maximum Gasteiger partial charge on any atom is 0.249 e. The van der Waals surface area contributed by atoms with Crippen molar-refractivity contribution >= 4 is 23.4 Å². The normalized spacial score (nSPS) is 21.5. The predicted octanol–water partition coefficient (Wildman–Crippen LogP) is 3.68. The van der Waals surface area contributed by atoms with Gasteiger partial charge in [-0.05, 0) is 63.1 Å². The van der Waals surface area contributed by atoms with E-state index in [-0.39, 0.29) is 24.1 Å². The molecule has 5 atom stereocenters. The molecule has 2 aliphatic heterocycles. The van der Waals surface area contributed by atoms with Crippen LogP contribution in [0.5, 0.6) is 0 Å². The fourth-order valence-corrected chi connectivity index (χ4v) is 6.29. The van der Waals surface area contributed by atoms with Gasteiger partial charge < -0.3 is 25.5 Å². The van der Waals surface area contributed by atoms with E-state index in [0.717, 1.165) is 43.5 Å². The first-order chi connectivity index (χ1) is 19.8. The maximum absolute atomic E-state index is 13.9. The van der Waals surface area contributed by atoms with Crippen LogP contribution in [-0.2, 0) is 20.8 Å². The number of benzene rings is 2. The predicted molar refractivity (Wildman–Crippen MR) is 161 cm³/mol. The van der Waals surface area contributed by atoms with E-state index in [1.165, 1.54) is 0 Å². The number of anilines is 1. The number of nitrogens with one attached hydrogen (secondary N) is 2. The van der Waals surface area contributed by atoms with Crippen molar-refractivity contribution in [2.75, 3.05) is 24.5 Å². The van der Waals surface area contributed by atoms with Crippen molar-refractivity contribution in [2.24, 2.45) is 5.92 Å². The van der Waals surface area contributed by atoms with Crippen LogP contribution in [0.2, 0.25) is 0 Å². The van der Waals surface area contributed by atoms with Gasteiger partial charge in [0.2, 0.25) is 17.7 Å². The van der Waals surface area contributed by atoms with Gasteiger partial charge in [0.15, 0.2) is 0 Å². The van der Waals surface area contributed by atoms with Crippen molar-refractivity contribution in [1.29, 1.82) is 0 Å². The Labute approximate surface area is 244 Å². The summed E-state index contributed by atoms with van der Waals surface area (Å²) in [6.07, 6.45) is 4.01. The SMILES string of the molecule is CCCCNC(=O)[C@H](C)C[C@H](O)[C@H](Cc1ccccc1)NC(=O)[C@H](C)N1CC[C@@]2(CCCN2c2ccccc2)C1=O. The summed E-state index contributed by atoms with van der Waals surface area (Å²) in [4.78, 5) is 44.0. The van der Waals surface area contributed by atoms with Crippen molar-refractivity contribution in [3.05, 3.63) is 66.2 Å². The van der Waals surface area contributed by atoms with Crippen molar-refractivity contribution in [1.82, 2.24) is 15.5 Å². The number of aliphatic hydroxyl groups excluding tert-OH is 1. The Balaban J connectivity index is 1.44. The average Bonchev–Trinajstić information content (AvgIpc) is 3.56. The van der Waals surface area contributed by atoms with Crippen LogP contribution in [0.15, 0.2) is 60.7 Å². The van der Waals surface area contributed by atoms with E-state index in [0.29, 0.717) is 25.9 Å². The maximum atomic E-state index is 13.9. The highest BCUT2D eigenvalue weighted by Crippen LogP contribution is 2.42. The number of hydrogen-bond donors (Lipinski definition) is 3. The van der Waals surface area contributed by atoms with E-state index >= 15 is 0 Å². The summed E-state index contributed by atoms with van der Waals surface area (Å²) < 4.78 is 0. The second kappa shape index (κ2) is 14.0. The first kappa shape index (κ1) is 30.6. The fraction of sp³-hybridized carbons (Fsp3) is 0.545. The van der Waals surface area contributed by atoms with E-state index in [9.17, 15) is 19.5 Å². The number of aliphatic hydroxyl groups is 1. The van der Waals surface area contributed by atoms with E-state index in [2.05, 4.69) is 22.5 Å². The zero-order valence-electron chi connectivity index (χ0n) is 24.7. The van der Waals surface area contributed by atoms with Crippen LogP contribution < -0.4 is 15.5 Å². The molecule has 4 rings (SSSR count). The minimum atomic E-state index is -0.928. The van der Waals surface area contributed by atoms with Crippen LogP contribution in [0.1, 0.15) is 64.9 Å². The lowest BCUT2D eigenvalue weighted by Gasteiger charge is -2.36. The topological polar surface area (TPSA) is 102 Å². The molecule has 2 aromatic rings. The minimum Gasteiger partial charge on any atom is -0.391 e. The highest BCUT2D eigenvalue weighted by molar-refractivity contribution is 5.96. The second-order valence-electron chi connectivity index (χ2n) is 11.7. The summed E-state index contributed by atoms with van der Waals surface area (Å²) in [5.41, 5.74) is 1.40. The standard InChI is InChI=1S/C33H46N4O4/c1-4-5-19-34-30(39)24(2)22-29(38)28(23-26-13-8-6-9-14-26)35-31(40)25(3)36-21-18-33(32(36)41)17-12-20-37(33)27-15-10-7-11-16-27/h6-11,13-16,24-25,28-29,38H,4-5,12,17-23H2,1-3H3,(H,34,39)(H,35,40)/t24-,25+,28+,29+,33+/m1/s1. The molecule has 2 heterocycles. The van der Waals surface area contributed by atoms with Crippen LogP contribution in [0.4, 0.5) is 5.69 Å². The van der Waals surface area contributed by atoms with Crippen LogP contribution in [0.25, 0.3) is 0 Å². The molecule has 8 heteroatoms. The molecule has 0 saturated carbocycles. The van der Waals surface area contributed by atoms with Gasteiger partial charge >= 0.3 is 0 Å². The minimum absolute atomic E-state index is 0.000895. The summed E-state index contributed by atoms with van der Waals surface area (Å²) in [7, 11) is 0. The van der Waals surface area contributed by atoms with Crippen LogP contribution >= 0.6 is 0 Å². The Bertz CT molecular complexity index is 1160. The second-order valence-corrected chi connectivity index (χ2v) is 11.7. The Hall–Kier alpha value is -3.39. The first-order valence-corrected chi connectivity index (χ1v) is 15.2. The van der Waals surface area contributed by atoms with E-state index < -0.39 is 29.6 Å². The zero-order chi connectivity index (χ0) is 29.4. The molecule has 0 bridgehead atoms. The fourth-order valence-electron chi connectivity index (χ4n) is 6.29. The summed E-state index contributed by atoms with van der Waals surface area (Å²) >= 11 is 0. The summed E-state index contributed by atoms with van der Waals surface area (Å²) in [5.74, 6) is -0.789. The average molecular weight is 563 g/mol. The van der Waals surface area contributed by atoms with Gasteiger partial charge in [-0.2, -0.15) is 0 Å². The molecule has 0 radical (unpaired) electrons. The molecule has 222 valence electrons. The highest BCUT2D eigenvalue weighted by Gasteiger charge is 2.54. The zero-order valence-corrected chi connectivity index (χ0v) is 24.7. The number of para-hydroxylation sites is 1. The third-order valence-corrected chi connectivity index (χ3v) is 8.79. The van der Waals surface area contributed by atoms with Gasteiger partial charge in [-0.3, -0.25) is 14.4 Å². The van der Waals surface area contributed by atoms with Gasteiger partial charge in [0.1, 0.15) is 11.6 Å². The van der Waals surface area contributed by atoms with E-state index in [4.69, 9.17) is 0 Å². The molecule has 0 unspecified atom stereocenters. The Morgan fingerprint density at radius 1 is 0.976 bits per heavy atom. The molecular formula is C33H46N4O4. The quantitative estimate of drug-likeness (QED) is 0.324. The largest absolute Gasteiger partial charge is 0.391 e. The van der Waals surface area contributed by atoms with Crippen molar-refractivity contribution in [3.8, 4) is 0 Å². The summed E-state index contributed by atoms with van der Waals surface area (Å²) in [5, 5.41) is 17.2. The number of carbonyl (C=O) groups excluding carboxylic acids is 3. The van der Waals surface area contributed by atoms with Gasteiger partial charge in [0.25, 0.3) is 0 Å². The molecule has 2 aromatic carbocycles. The third kappa shape index (κ3) is 7.10. The van der Waals surface area contributed by atoms with Crippen LogP contribution in [-0.4, -0.2) is 71.1 Å². The molecule has 0 aliphatic carbocycles. The first-order valence-electron chi connectivity index (χ1n) is 15.2. The lowest BCUT2D eigenvalue weighted by molar-refractivity contribution is -0.140. The Kier molecular flexibility index (Phi) is 10.4. The van der Waals surface area contributed by atoms with Crippen LogP contribution in [0.3, 0.4) is 0 Å². The van der Waals surface area contributed by atoms with E-state index in [1.54, 1.807) is 18.7 Å². The monoisotopic (exact) mass is 562 g/mol.